The van der Waals surface area contributed by atoms with Crippen LogP contribution in [-0.4, -0.2) is 42.4 Å². The van der Waals surface area contributed by atoms with Crippen LogP contribution in [0.25, 0.3) is 0 Å². The van der Waals surface area contributed by atoms with E-state index in [1.165, 1.54) is 4.90 Å². The molecule has 0 saturated heterocycles. The van der Waals surface area contributed by atoms with Crippen molar-refractivity contribution in [3.8, 4) is 11.5 Å². The van der Waals surface area contributed by atoms with Gasteiger partial charge in [0.15, 0.2) is 11.5 Å². The fraction of sp³-hybridized carbons (Fsp3) is 0.208. The van der Waals surface area contributed by atoms with Gasteiger partial charge < -0.3 is 14.8 Å². The number of benzene rings is 2. The van der Waals surface area contributed by atoms with E-state index in [9.17, 15) is 9.59 Å². The quantitative estimate of drug-likeness (QED) is 0.783. The lowest BCUT2D eigenvalue weighted by atomic mass is 9.98. The van der Waals surface area contributed by atoms with Crippen molar-refractivity contribution >= 4 is 17.6 Å². The van der Waals surface area contributed by atoms with Gasteiger partial charge in [-0.05, 0) is 48.4 Å². The smallest absolute Gasteiger partial charge is 0.281 e. The monoisotopic (exact) mass is 417 g/mol. The number of carbonyl (C=O) groups is 2. The summed E-state index contributed by atoms with van der Waals surface area (Å²) < 4.78 is 10.7. The molecule has 1 unspecified atom stereocenters. The fourth-order valence-electron chi connectivity index (χ4n) is 3.72. The van der Waals surface area contributed by atoms with Crippen molar-refractivity contribution in [3.63, 3.8) is 0 Å². The normalized spacial score (nSPS) is 19.5. The maximum absolute atomic E-state index is 13.5. The van der Waals surface area contributed by atoms with Crippen LogP contribution in [0.3, 0.4) is 0 Å². The average Bonchev–Trinajstić information content (AvgIpc) is 3.07. The van der Waals surface area contributed by atoms with E-state index in [2.05, 4.69) is 5.32 Å². The number of amidine groups is 1. The maximum Gasteiger partial charge on any atom is 0.281 e. The van der Waals surface area contributed by atoms with Crippen molar-refractivity contribution in [1.29, 1.82) is 0 Å². The van der Waals surface area contributed by atoms with Gasteiger partial charge in [0.05, 0.1) is 14.2 Å². The number of ether oxygens (including phenoxy) is 2. The first-order chi connectivity index (χ1) is 15.0. The minimum atomic E-state index is -1.48. The molecule has 31 heavy (non-hydrogen) atoms. The van der Waals surface area contributed by atoms with Gasteiger partial charge >= 0.3 is 0 Å². The Balaban J connectivity index is 1.75. The summed E-state index contributed by atoms with van der Waals surface area (Å²) in [5.74, 6) is 0.962. The van der Waals surface area contributed by atoms with Gasteiger partial charge in [-0.1, -0.05) is 30.3 Å². The minimum Gasteiger partial charge on any atom is -0.493 e. The molecule has 2 aliphatic rings. The maximum atomic E-state index is 13.5. The highest BCUT2D eigenvalue weighted by Crippen LogP contribution is 2.33. The van der Waals surface area contributed by atoms with E-state index in [1.54, 1.807) is 62.9 Å². The number of nitrogens with zero attached hydrogens (tertiary/aromatic N) is 2. The third-order valence-corrected chi connectivity index (χ3v) is 5.30. The molecule has 0 fully saturated rings. The average molecular weight is 417 g/mol. The number of amides is 2. The molecule has 2 aromatic carbocycles. The molecule has 2 aromatic rings. The molecule has 7 nitrogen and oxygen atoms in total. The van der Waals surface area contributed by atoms with Crippen LogP contribution in [0.1, 0.15) is 22.8 Å². The number of allylic oxidation sites excluding steroid dienone is 2. The molecular formula is C24H23N3O4. The van der Waals surface area contributed by atoms with E-state index in [0.717, 1.165) is 11.1 Å². The van der Waals surface area contributed by atoms with Gasteiger partial charge in [0.2, 0.25) is 5.66 Å². The Kier molecular flexibility index (Phi) is 5.33. The fourth-order valence-corrected chi connectivity index (χ4v) is 3.72. The summed E-state index contributed by atoms with van der Waals surface area (Å²) in [4.78, 5) is 32.8. The molecule has 2 aliphatic heterocycles. The predicted octanol–water partition coefficient (Wildman–Crippen LogP) is 3.09. The van der Waals surface area contributed by atoms with E-state index in [0.29, 0.717) is 22.9 Å². The molecule has 2 heterocycles. The Hall–Kier alpha value is -3.87. The molecule has 0 radical (unpaired) electrons. The zero-order valence-corrected chi connectivity index (χ0v) is 17.6. The van der Waals surface area contributed by atoms with Gasteiger partial charge in [-0.15, -0.1) is 0 Å². The van der Waals surface area contributed by atoms with E-state index in [-0.39, 0.29) is 18.2 Å². The highest BCUT2D eigenvalue weighted by Gasteiger charge is 2.49. The summed E-state index contributed by atoms with van der Waals surface area (Å²) in [6, 6.07) is 14.2. The molecule has 0 bridgehead atoms. The zero-order chi connectivity index (χ0) is 22.0. The highest BCUT2D eigenvalue weighted by molar-refractivity contribution is 6.17. The molecule has 2 amide bonds. The van der Waals surface area contributed by atoms with E-state index < -0.39 is 5.66 Å². The molecule has 4 rings (SSSR count). The molecule has 0 aliphatic carbocycles. The van der Waals surface area contributed by atoms with Crippen LogP contribution < -0.4 is 14.8 Å². The first-order valence-corrected chi connectivity index (χ1v) is 9.85. The Morgan fingerprint density at radius 1 is 1.10 bits per heavy atom. The lowest BCUT2D eigenvalue weighted by molar-refractivity contribution is -0.130. The van der Waals surface area contributed by atoms with Gasteiger partial charge in [-0.3, -0.25) is 14.5 Å². The molecule has 1 N–H and O–H groups in total. The molecule has 0 aromatic heterocycles. The number of carbonyl (C=O) groups excluding carboxylic acids is 2. The SMILES string of the molecule is COc1ccc(CC2(NC(=O)c3ccccc3)N=C3C(C)=CC=CN3C2=O)cc1OC. The van der Waals surface area contributed by atoms with Crippen LogP contribution in [0.4, 0.5) is 0 Å². The van der Waals surface area contributed by atoms with E-state index >= 15 is 0 Å². The largest absolute Gasteiger partial charge is 0.493 e. The number of hydrogen-bond acceptors (Lipinski definition) is 5. The molecule has 1 atom stereocenters. The molecular weight excluding hydrogens is 394 g/mol. The Labute approximate surface area is 180 Å². The summed E-state index contributed by atoms with van der Waals surface area (Å²) >= 11 is 0. The summed E-state index contributed by atoms with van der Waals surface area (Å²) in [6.45, 7) is 1.88. The van der Waals surface area contributed by atoms with Crippen LogP contribution in [-0.2, 0) is 11.2 Å². The molecule has 0 saturated carbocycles. The van der Waals surface area contributed by atoms with Crippen molar-refractivity contribution in [2.75, 3.05) is 14.2 Å². The Bertz CT molecular complexity index is 1120. The van der Waals surface area contributed by atoms with Crippen LogP contribution in [0.2, 0.25) is 0 Å². The second-order valence-electron chi connectivity index (χ2n) is 7.35. The van der Waals surface area contributed by atoms with E-state index in [1.807, 2.05) is 25.1 Å². The zero-order valence-electron chi connectivity index (χ0n) is 17.6. The third-order valence-electron chi connectivity index (χ3n) is 5.30. The summed E-state index contributed by atoms with van der Waals surface area (Å²) in [7, 11) is 3.11. The van der Waals surface area contributed by atoms with Crippen LogP contribution in [0, 0.1) is 0 Å². The lowest BCUT2D eigenvalue weighted by Crippen LogP contribution is -2.55. The number of fused-ring (bicyclic) bond motifs is 1. The summed E-state index contributed by atoms with van der Waals surface area (Å²) in [5.41, 5.74) is 0.592. The highest BCUT2D eigenvalue weighted by atomic mass is 16.5. The van der Waals surface area contributed by atoms with Gasteiger partial charge in [-0.25, -0.2) is 4.99 Å². The summed E-state index contributed by atoms with van der Waals surface area (Å²) in [6.07, 6.45) is 5.50. The van der Waals surface area contributed by atoms with E-state index in [4.69, 9.17) is 14.5 Å². The third kappa shape index (κ3) is 3.70. The van der Waals surface area contributed by atoms with Gasteiger partial charge in [0.1, 0.15) is 5.84 Å². The van der Waals surface area contributed by atoms with Crippen molar-refractivity contribution in [3.05, 3.63) is 83.6 Å². The van der Waals surface area contributed by atoms with Crippen LogP contribution in [0.5, 0.6) is 11.5 Å². The molecule has 158 valence electrons. The Morgan fingerprint density at radius 2 is 1.84 bits per heavy atom. The van der Waals surface area contributed by atoms with Crippen molar-refractivity contribution in [2.24, 2.45) is 4.99 Å². The lowest BCUT2D eigenvalue weighted by Gasteiger charge is -2.27. The number of aliphatic imine (C=N–C) groups is 1. The first-order valence-electron chi connectivity index (χ1n) is 9.85. The van der Waals surface area contributed by atoms with Gasteiger partial charge in [0.25, 0.3) is 11.8 Å². The van der Waals surface area contributed by atoms with Crippen molar-refractivity contribution < 1.29 is 19.1 Å². The summed E-state index contributed by atoms with van der Waals surface area (Å²) in [5, 5.41) is 2.90. The number of hydrogen-bond donors (Lipinski definition) is 1. The number of methoxy groups -OCH3 is 2. The first kappa shape index (κ1) is 20.4. The Morgan fingerprint density at radius 3 is 2.52 bits per heavy atom. The van der Waals surface area contributed by atoms with Gasteiger partial charge in [-0.2, -0.15) is 0 Å². The van der Waals surface area contributed by atoms with Crippen molar-refractivity contribution in [1.82, 2.24) is 10.2 Å². The van der Waals surface area contributed by atoms with Crippen molar-refractivity contribution in [2.45, 2.75) is 19.0 Å². The number of nitrogens with one attached hydrogen (secondary N) is 1. The minimum absolute atomic E-state index is 0.159. The molecule has 0 spiro atoms. The second-order valence-corrected chi connectivity index (χ2v) is 7.35. The molecule has 7 heteroatoms. The number of rotatable bonds is 6. The van der Waals surface area contributed by atoms with Crippen LogP contribution >= 0.6 is 0 Å². The standard InChI is InChI=1S/C24H23N3O4/c1-16-8-7-13-27-21(16)25-24(23(27)29,26-22(28)18-9-5-4-6-10-18)15-17-11-12-19(30-2)20(14-17)31-3/h4-14H,15H2,1-3H3,(H,26,28). The topological polar surface area (TPSA) is 80.2 Å². The second kappa shape index (κ2) is 8.10. The predicted molar refractivity (Wildman–Crippen MR) is 117 cm³/mol. The van der Waals surface area contributed by atoms with Crippen LogP contribution in [0.15, 0.2) is 77.4 Å². The van der Waals surface area contributed by atoms with Gasteiger partial charge in [0, 0.05) is 18.2 Å².